The number of likely N-dealkylation sites (tertiary alicyclic amines) is 2. The van der Waals surface area contributed by atoms with Gasteiger partial charge in [-0.25, -0.2) is 5.43 Å². The van der Waals surface area contributed by atoms with Gasteiger partial charge in [0.1, 0.15) is 5.84 Å². The van der Waals surface area contributed by atoms with Crippen LogP contribution in [-0.4, -0.2) is 59.4 Å². The van der Waals surface area contributed by atoms with Gasteiger partial charge in [-0.3, -0.25) is 14.9 Å². The van der Waals surface area contributed by atoms with E-state index in [0.29, 0.717) is 12.0 Å². The molecule has 4 rings (SSSR count). The van der Waals surface area contributed by atoms with Crippen LogP contribution in [0.25, 0.3) is 0 Å². The highest BCUT2D eigenvalue weighted by atomic mass is 31.0. The molecule has 3 fully saturated rings. The maximum absolute atomic E-state index is 4.80. The second kappa shape index (κ2) is 18.4. The Balaban J connectivity index is 0.00000131. The topological polar surface area (TPSA) is 55.8 Å². The molecule has 3 aliphatic rings. The summed E-state index contributed by atoms with van der Waals surface area (Å²) in [5.41, 5.74) is 10.9. The minimum absolute atomic E-state index is 0.447. The number of pyridine rings is 1. The summed E-state index contributed by atoms with van der Waals surface area (Å²) in [5, 5.41) is 0. The van der Waals surface area contributed by atoms with E-state index in [4.69, 9.17) is 4.99 Å². The zero-order chi connectivity index (χ0) is 27.7. The van der Waals surface area contributed by atoms with Gasteiger partial charge < -0.3 is 10.3 Å². The van der Waals surface area contributed by atoms with Crippen LogP contribution in [0, 0.1) is 5.92 Å². The van der Waals surface area contributed by atoms with Crippen molar-refractivity contribution >= 4 is 15.1 Å². The van der Waals surface area contributed by atoms with Gasteiger partial charge in [0.2, 0.25) is 0 Å². The highest BCUT2D eigenvalue weighted by Gasteiger charge is 2.27. The van der Waals surface area contributed by atoms with Gasteiger partial charge in [0.05, 0.1) is 0 Å². The third-order valence-corrected chi connectivity index (χ3v) is 7.83. The first-order valence-electron chi connectivity index (χ1n) is 15.3. The molecule has 0 bridgehead atoms. The van der Waals surface area contributed by atoms with Gasteiger partial charge in [-0.05, 0) is 81.5 Å². The van der Waals surface area contributed by atoms with Crippen LogP contribution < -0.4 is 10.9 Å². The van der Waals surface area contributed by atoms with Gasteiger partial charge in [-0.15, -0.1) is 9.24 Å². The van der Waals surface area contributed by atoms with Crippen LogP contribution in [0.5, 0.6) is 0 Å². The number of aliphatic imine (C=N–C) groups is 1. The summed E-state index contributed by atoms with van der Waals surface area (Å²) in [6, 6.07) is 4.69. The molecule has 1 aromatic rings. The molecule has 39 heavy (non-hydrogen) atoms. The number of allylic oxidation sites excluding steroid dienone is 3. The quantitative estimate of drug-likeness (QED) is 0.0778. The Morgan fingerprint density at radius 3 is 2.38 bits per heavy atom. The van der Waals surface area contributed by atoms with Crippen molar-refractivity contribution in [3.63, 3.8) is 0 Å². The van der Waals surface area contributed by atoms with E-state index in [1.165, 1.54) is 61.8 Å². The lowest BCUT2D eigenvalue weighted by Gasteiger charge is -2.40. The largest absolute Gasteiger partial charge is 0.375 e. The number of hydrogen-bond acceptors (Lipinski definition) is 5. The fraction of sp³-hybridized carbons (Fsp3) is 0.625. The van der Waals surface area contributed by atoms with Crippen molar-refractivity contribution in [1.82, 2.24) is 25.6 Å². The van der Waals surface area contributed by atoms with E-state index >= 15 is 0 Å². The van der Waals surface area contributed by atoms with Crippen LogP contribution >= 0.6 is 9.24 Å². The summed E-state index contributed by atoms with van der Waals surface area (Å²) in [5.74, 6) is 3.53. The van der Waals surface area contributed by atoms with Crippen molar-refractivity contribution in [3.8, 4) is 0 Å². The molecule has 2 aliphatic heterocycles. The number of nitrogens with zero attached hydrogens (tertiary/aromatic N) is 4. The Morgan fingerprint density at radius 1 is 1.08 bits per heavy atom. The summed E-state index contributed by atoms with van der Waals surface area (Å²) < 4.78 is 0. The van der Waals surface area contributed by atoms with Crippen molar-refractivity contribution < 1.29 is 0 Å². The fourth-order valence-electron chi connectivity index (χ4n) is 5.01. The van der Waals surface area contributed by atoms with Gasteiger partial charge in [-0.1, -0.05) is 57.5 Å². The third kappa shape index (κ3) is 12.8. The Bertz CT molecular complexity index is 907. The summed E-state index contributed by atoms with van der Waals surface area (Å²) >= 11 is 0. The van der Waals surface area contributed by atoms with E-state index in [-0.39, 0.29) is 0 Å². The zero-order valence-corrected chi connectivity index (χ0v) is 25.7. The minimum atomic E-state index is 0.447. The number of aromatic nitrogens is 1. The Hall–Kier alpha value is -2.01. The van der Waals surface area contributed by atoms with E-state index in [2.05, 4.69) is 79.6 Å². The molecular weight excluding hydrogens is 499 g/mol. The van der Waals surface area contributed by atoms with Gasteiger partial charge in [0, 0.05) is 56.2 Å². The van der Waals surface area contributed by atoms with Crippen LogP contribution in [0.1, 0.15) is 83.6 Å². The van der Waals surface area contributed by atoms with E-state index in [9.17, 15) is 0 Å². The van der Waals surface area contributed by atoms with Gasteiger partial charge in [0.25, 0.3) is 0 Å². The molecule has 0 radical (unpaired) electrons. The van der Waals surface area contributed by atoms with E-state index in [0.717, 1.165) is 64.4 Å². The van der Waals surface area contributed by atoms with Gasteiger partial charge >= 0.3 is 0 Å². The maximum Gasteiger partial charge on any atom is 0.135 e. The Labute approximate surface area is 240 Å². The lowest BCUT2D eigenvalue weighted by molar-refractivity contribution is 0.157. The fourth-order valence-corrected chi connectivity index (χ4v) is 5.32. The second-order valence-electron chi connectivity index (χ2n) is 11.2. The maximum atomic E-state index is 4.80. The molecule has 2 saturated heterocycles. The first-order chi connectivity index (χ1) is 19.1. The van der Waals surface area contributed by atoms with Crippen molar-refractivity contribution in [1.29, 1.82) is 0 Å². The van der Waals surface area contributed by atoms with Crippen LogP contribution in [0.3, 0.4) is 0 Å². The molecule has 0 spiro atoms. The second-order valence-corrected chi connectivity index (χ2v) is 11.6. The smallest absolute Gasteiger partial charge is 0.135 e. The van der Waals surface area contributed by atoms with Crippen LogP contribution in [0.2, 0.25) is 0 Å². The summed E-state index contributed by atoms with van der Waals surface area (Å²) in [6.45, 7) is 15.2. The molecule has 1 atom stereocenters. The zero-order valence-electron chi connectivity index (χ0n) is 24.6. The first-order valence-corrected chi connectivity index (χ1v) is 15.9. The number of amidine groups is 1. The van der Waals surface area contributed by atoms with E-state index in [1.807, 2.05) is 18.2 Å². The van der Waals surface area contributed by atoms with Crippen LogP contribution in [0.15, 0.2) is 65.3 Å². The summed E-state index contributed by atoms with van der Waals surface area (Å²) in [6.07, 6.45) is 20.7. The SMILES string of the molecule is C1CC1.C=C(C1CCN(Cc2ccncc2)CC1)N1CCC(NNC(/C=C(C)\C=C/P)=NCCCCC)CC1. The number of unbranched alkanes of at least 4 members (excludes halogenated alkanes) is 2. The number of piperidine rings is 2. The van der Waals surface area contributed by atoms with Crippen LogP contribution in [-0.2, 0) is 6.54 Å². The molecule has 1 unspecified atom stereocenters. The van der Waals surface area contributed by atoms with E-state index < -0.39 is 0 Å². The molecule has 1 aromatic heterocycles. The third-order valence-electron chi connectivity index (χ3n) is 7.64. The van der Waals surface area contributed by atoms with Crippen LogP contribution in [0.4, 0.5) is 0 Å². The minimum Gasteiger partial charge on any atom is -0.375 e. The normalized spacial score (nSPS) is 19.6. The number of rotatable bonds is 12. The molecule has 0 amide bonds. The molecule has 3 heterocycles. The molecule has 6 nitrogen and oxygen atoms in total. The van der Waals surface area contributed by atoms with Gasteiger partial charge in [-0.2, -0.15) is 0 Å². The highest BCUT2D eigenvalue weighted by molar-refractivity contribution is 7.20. The highest BCUT2D eigenvalue weighted by Crippen LogP contribution is 2.28. The molecular formula is C32H53N6P. The molecule has 1 aliphatic carbocycles. The molecule has 0 aromatic carbocycles. The average molecular weight is 553 g/mol. The van der Waals surface area contributed by atoms with Crippen molar-refractivity contribution in [2.75, 3.05) is 32.7 Å². The predicted octanol–water partition coefficient (Wildman–Crippen LogP) is 6.46. The Kier molecular flexibility index (Phi) is 14.8. The van der Waals surface area contributed by atoms with Crippen molar-refractivity contribution in [3.05, 3.63) is 65.9 Å². The summed E-state index contributed by atoms with van der Waals surface area (Å²) in [4.78, 5) is 14.0. The number of nitrogens with one attached hydrogen (secondary N) is 2. The average Bonchev–Trinajstić information content (AvgIpc) is 3.85. The standard InChI is InChI=1S/C29H47N6P.C3H6/c1-4-5-6-14-31-29(22-24(2)13-21-36)33-32-28-11-19-35(20-12-28)25(3)27-9-17-34(18-10-27)23-26-7-15-30-16-8-26;1-2-3-1/h7-8,13,15-16,21-22,27-28,32H,3-6,9-12,14,17-20,23,36H2,1-2H3,(H,31,33);1-3H2/b21-13-,24-22-;. The predicted molar refractivity (Wildman–Crippen MR) is 171 cm³/mol. The lowest BCUT2D eigenvalue weighted by atomic mass is 9.91. The van der Waals surface area contributed by atoms with Gasteiger partial charge in [0.15, 0.2) is 0 Å². The molecule has 216 valence electrons. The molecule has 1 saturated carbocycles. The number of hydrazine groups is 1. The van der Waals surface area contributed by atoms with Crippen molar-refractivity contribution in [2.45, 2.75) is 90.6 Å². The van der Waals surface area contributed by atoms with E-state index in [1.54, 1.807) is 0 Å². The monoisotopic (exact) mass is 552 g/mol. The van der Waals surface area contributed by atoms with Crippen molar-refractivity contribution in [2.24, 2.45) is 10.9 Å². The number of hydrogen-bond donors (Lipinski definition) is 2. The Morgan fingerprint density at radius 2 is 1.77 bits per heavy atom. The summed E-state index contributed by atoms with van der Waals surface area (Å²) in [7, 11) is 2.63. The molecule has 2 N–H and O–H groups in total. The first kappa shape index (κ1) is 31.5. The molecule has 7 heteroatoms. The lowest BCUT2D eigenvalue weighted by Crippen LogP contribution is -2.49.